The Morgan fingerprint density at radius 3 is 3.18 bits per heavy atom. The second-order valence-electron chi connectivity index (χ2n) is 4.44. The van der Waals surface area contributed by atoms with Gasteiger partial charge in [0.15, 0.2) is 0 Å². The summed E-state index contributed by atoms with van der Waals surface area (Å²) in [6, 6.07) is 0. The Bertz CT molecular complexity index is 392. The molecule has 1 aromatic rings. The van der Waals surface area contributed by atoms with Crippen molar-refractivity contribution >= 4 is 17.3 Å². The third-order valence-electron chi connectivity index (χ3n) is 3.23. The van der Waals surface area contributed by atoms with Gasteiger partial charge in [0.1, 0.15) is 0 Å². The van der Waals surface area contributed by atoms with Crippen LogP contribution in [0, 0.1) is 0 Å². The van der Waals surface area contributed by atoms with E-state index in [1.165, 1.54) is 11.4 Å². The molecule has 2 rings (SSSR count). The number of carboxylic acid groups (broad SMARTS) is 1. The number of hydrogen-bond donors (Lipinski definition) is 1. The molecule has 1 unspecified atom stereocenters. The van der Waals surface area contributed by atoms with Crippen LogP contribution in [0.25, 0.3) is 0 Å². The first kappa shape index (κ1) is 12.5. The summed E-state index contributed by atoms with van der Waals surface area (Å²) in [6.07, 6.45) is 3.84. The Kier molecular flexibility index (Phi) is 4.12. The SMILES string of the molecule is CCN1CCC(c2ncc(CCC(=O)O)s2)C1. The minimum absolute atomic E-state index is 0.202. The van der Waals surface area contributed by atoms with Crippen LogP contribution < -0.4 is 0 Å². The van der Waals surface area contributed by atoms with Crippen LogP contribution in [0.15, 0.2) is 6.20 Å². The van der Waals surface area contributed by atoms with Gasteiger partial charge < -0.3 is 10.0 Å². The van der Waals surface area contributed by atoms with Crippen molar-refractivity contribution in [2.75, 3.05) is 19.6 Å². The van der Waals surface area contributed by atoms with Crippen LogP contribution in [0.5, 0.6) is 0 Å². The van der Waals surface area contributed by atoms with E-state index >= 15 is 0 Å². The summed E-state index contributed by atoms with van der Waals surface area (Å²) in [6.45, 7) is 5.55. The molecule has 1 aliphatic rings. The maximum absolute atomic E-state index is 10.5. The number of likely N-dealkylation sites (N-methyl/N-ethyl adjacent to an activating group) is 1. The molecular formula is C12H18N2O2S. The summed E-state index contributed by atoms with van der Waals surface area (Å²) >= 11 is 1.68. The van der Waals surface area contributed by atoms with Crippen LogP contribution in [-0.2, 0) is 11.2 Å². The minimum Gasteiger partial charge on any atom is -0.481 e. The molecule has 0 aromatic carbocycles. The lowest BCUT2D eigenvalue weighted by molar-refractivity contribution is -0.136. The topological polar surface area (TPSA) is 53.4 Å². The largest absolute Gasteiger partial charge is 0.481 e. The number of nitrogens with zero attached hydrogens (tertiary/aromatic N) is 2. The van der Waals surface area contributed by atoms with Crippen LogP contribution in [0.3, 0.4) is 0 Å². The average Bonchev–Trinajstić information content (AvgIpc) is 2.94. The van der Waals surface area contributed by atoms with E-state index in [0.29, 0.717) is 12.3 Å². The van der Waals surface area contributed by atoms with Gasteiger partial charge in [-0.2, -0.15) is 0 Å². The molecule has 1 saturated heterocycles. The third-order valence-corrected chi connectivity index (χ3v) is 4.45. The van der Waals surface area contributed by atoms with E-state index in [1.54, 1.807) is 11.3 Å². The second kappa shape index (κ2) is 5.60. The number of aliphatic carboxylic acids is 1. The lowest BCUT2D eigenvalue weighted by atomic mass is 10.1. The molecule has 1 aromatic heterocycles. The molecule has 0 radical (unpaired) electrons. The quantitative estimate of drug-likeness (QED) is 0.873. The molecule has 0 spiro atoms. The molecule has 94 valence electrons. The molecule has 0 bridgehead atoms. The van der Waals surface area contributed by atoms with E-state index in [-0.39, 0.29) is 6.42 Å². The number of likely N-dealkylation sites (tertiary alicyclic amines) is 1. The summed E-state index contributed by atoms with van der Waals surface area (Å²) in [5.41, 5.74) is 0. The maximum Gasteiger partial charge on any atom is 0.303 e. The second-order valence-corrected chi connectivity index (χ2v) is 5.58. The fraction of sp³-hybridized carbons (Fsp3) is 0.667. The van der Waals surface area contributed by atoms with Crippen molar-refractivity contribution in [3.05, 3.63) is 16.1 Å². The molecular weight excluding hydrogens is 236 g/mol. The van der Waals surface area contributed by atoms with Gasteiger partial charge in [-0.15, -0.1) is 11.3 Å². The van der Waals surface area contributed by atoms with Crippen molar-refractivity contribution in [1.29, 1.82) is 0 Å². The van der Waals surface area contributed by atoms with Gasteiger partial charge >= 0.3 is 5.97 Å². The molecule has 1 N–H and O–H groups in total. The van der Waals surface area contributed by atoms with Gasteiger partial charge in [0.2, 0.25) is 0 Å². The first-order valence-corrected chi connectivity index (χ1v) is 6.89. The van der Waals surface area contributed by atoms with Crippen molar-refractivity contribution < 1.29 is 9.90 Å². The number of carboxylic acids is 1. The summed E-state index contributed by atoms with van der Waals surface area (Å²) in [5.74, 6) is -0.184. The van der Waals surface area contributed by atoms with Crippen molar-refractivity contribution in [3.8, 4) is 0 Å². The third kappa shape index (κ3) is 3.26. The fourth-order valence-corrected chi connectivity index (χ4v) is 3.22. The molecule has 0 saturated carbocycles. The van der Waals surface area contributed by atoms with E-state index in [2.05, 4.69) is 16.8 Å². The van der Waals surface area contributed by atoms with E-state index in [1.807, 2.05) is 6.20 Å². The predicted molar refractivity (Wildman–Crippen MR) is 67.5 cm³/mol. The zero-order valence-corrected chi connectivity index (χ0v) is 10.9. The van der Waals surface area contributed by atoms with Crippen LogP contribution in [0.2, 0.25) is 0 Å². The van der Waals surface area contributed by atoms with Crippen LogP contribution >= 0.6 is 11.3 Å². The molecule has 0 amide bonds. The number of rotatable bonds is 5. The van der Waals surface area contributed by atoms with E-state index < -0.39 is 5.97 Å². The Labute approximate surface area is 105 Å². The highest BCUT2D eigenvalue weighted by Gasteiger charge is 2.24. The Balaban J connectivity index is 1.92. The lowest BCUT2D eigenvalue weighted by Crippen LogP contribution is -2.19. The van der Waals surface area contributed by atoms with Crippen molar-refractivity contribution in [2.24, 2.45) is 0 Å². The lowest BCUT2D eigenvalue weighted by Gasteiger charge is -2.11. The van der Waals surface area contributed by atoms with Crippen LogP contribution in [0.4, 0.5) is 0 Å². The highest BCUT2D eigenvalue weighted by Crippen LogP contribution is 2.30. The van der Waals surface area contributed by atoms with E-state index in [4.69, 9.17) is 5.11 Å². The number of aryl methyl sites for hydroxylation is 1. The standard InChI is InChI=1S/C12H18N2O2S/c1-2-14-6-5-9(8-14)12-13-7-10(17-12)3-4-11(15)16/h7,9H,2-6,8H2,1H3,(H,15,16). The predicted octanol–water partition coefficient (Wildman–Crippen LogP) is 1.97. The highest BCUT2D eigenvalue weighted by molar-refractivity contribution is 7.11. The summed E-state index contributed by atoms with van der Waals surface area (Å²) in [4.78, 5) is 18.5. The van der Waals surface area contributed by atoms with Gasteiger partial charge in [-0.25, -0.2) is 4.98 Å². The minimum atomic E-state index is -0.738. The van der Waals surface area contributed by atoms with E-state index in [0.717, 1.165) is 24.5 Å². The molecule has 1 aliphatic heterocycles. The van der Waals surface area contributed by atoms with Gasteiger partial charge in [0.25, 0.3) is 0 Å². The van der Waals surface area contributed by atoms with Gasteiger partial charge in [-0.1, -0.05) is 6.92 Å². The van der Waals surface area contributed by atoms with Gasteiger partial charge in [0, 0.05) is 23.5 Å². The summed E-state index contributed by atoms with van der Waals surface area (Å²) in [5, 5.41) is 9.82. The number of thiazole rings is 1. The van der Waals surface area contributed by atoms with Crippen LogP contribution in [0.1, 0.15) is 35.6 Å². The Morgan fingerprint density at radius 2 is 2.53 bits per heavy atom. The van der Waals surface area contributed by atoms with Crippen molar-refractivity contribution in [1.82, 2.24) is 9.88 Å². The molecule has 1 fully saturated rings. The van der Waals surface area contributed by atoms with Gasteiger partial charge in [-0.05, 0) is 25.9 Å². The number of aromatic nitrogens is 1. The normalized spacial score (nSPS) is 20.9. The zero-order valence-electron chi connectivity index (χ0n) is 10.1. The maximum atomic E-state index is 10.5. The monoisotopic (exact) mass is 254 g/mol. The fourth-order valence-electron chi connectivity index (χ4n) is 2.18. The van der Waals surface area contributed by atoms with Gasteiger partial charge in [0.05, 0.1) is 11.4 Å². The van der Waals surface area contributed by atoms with Gasteiger partial charge in [-0.3, -0.25) is 4.79 Å². The first-order valence-electron chi connectivity index (χ1n) is 6.07. The zero-order chi connectivity index (χ0) is 12.3. The number of carbonyl (C=O) groups is 1. The van der Waals surface area contributed by atoms with Crippen molar-refractivity contribution in [2.45, 2.75) is 32.1 Å². The molecule has 17 heavy (non-hydrogen) atoms. The Hall–Kier alpha value is -0.940. The first-order chi connectivity index (χ1) is 8.19. The molecule has 4 nitrogen and oxygen atoms in total. The smallest absolute Gasteiger partial charge is 0.303 e. The van der Waals surface area contributed by atoms with Crippen molar-refractivity contribution in [3.63, 3.8) is 0 Å². The van der Waals surface area contributed by atoms with Crippen LogP contribution in [-0.4, -0.2) is 40.6 Å². The Morgan fingerprint density at radius 1 is 1.71 bits per heavy atom. The molecule has 2 heterocycles. The summed E-state index contributed by atoms with van der Waals surface area (Å²) in [7, 11) is 0. The van der Waals surface area contributed by atoms with E-state index in [9.17, 15) is 4.79 Å². The molecule has 0 aliphatic carbocycles. The average molecular weight is 254 g/mol. The highest BCUT2D eigenvalue weighted by atomic mass is 32.1. The molecule has 1 atom stereocenters. The summed E-state index contributed by atoms with van der Waals surface area (Å²) < 4.78 is 0. The molecule has 5 heteroatoms. The number of hydrogen-bond acceptors (Lipinski definition) is 4.